The van der Waals surface area contributed by atoms with Gasteiger partial charge in [-0.15, -0.1) is 12.4 Å². The average Bonchev–Trinajstić information content (AvgIpc) is 2.35. The smallest absolute Gasteiger partial charge is 0.221 e. The standard InChI is InChI=1S/C14H22N2O.ClH/c1-14(2,12-7-5-4-6-8-12)11-16-13(17)9-10-15-3;/h4-8,15H,9-11H2,1-3H3,(H,16,17);1H. The Bertz CT molecular complexity index is 352. The summed E-state index contributed by atoms with van der Waals surface area (Å²) in [4.78, 5) is 11.5. The van der Waals surface area contributed by atoms with Crippen molar-refractivity contribution in [3.05, 3.63) is 35.9 Å². The minimum atomic E-state index is -0.0312. The Morgan fingerprint density at radius 2 is 1.83 bits per heavy atom. The van der Waals surface area contributed by atoms with E-state index in [0.717, 1.165) is 6.54 Å². The average molecular weight is 271 g/mol. The van der Waals surface area contributed by atoms with E-state index in [4.69, 9.17) is 0 Å². The van der Waals surface area contributed by atoms with E-state index < -0.39 is 0 Å². The summed E-state index contributed by atoms with van der Waals surface area (Å²) in [5, 5.41) is 5.94. The van der Waals surface area contributed by atoms with Gasteiger partial charge in [-0.1, -0.05) is 44.2 Å². The van der Waals surface area contributed by atoms with Crippen LogP contribution in [-0.2, 0) is 10.2 Å². The van der Waals surface area contributed by atoms with Crippen LogP contribution in [0.15, 0.2) is 30.3 Å². The van der Waals surface area contributed by atoms with Gasteiger partial charge in [-0.2, -0.15) is 0 Å². The van der Waals surface area contributed by atoms with Crippen LogP contribution < -0.4 is 10.6 Å². The van der Waals surface area contributed by atoms with Gasteiger partial charge in [0, 0.05) is 24.9 Å². The normalized spacial score (nSPS) is 10.6. The highest BCUT2D eigenvalue weighted by atomic mass is 35.5. The van der Waals surface area contributed by atoms with E-state index in [2.05, 4.69) is 36.6 Å². The van der Waals surface area contributed by atoms with Crippen LogP contribution in [0.3, 0.4) is 0 Å². The summed E-state index contributed by atoms with van der Waals surface area (Å²) < 4.78 is 0. The van der Waals surface area contributed by atoms with Crippen molar-refractivity contribution in [2.75, 3.05) is 20.1 Å². The first-order valence-electron chi connectivity index (χ1n) is 6.03. The summed E-state index contributed by atoms with van der Waals surface area (Å²) in [7, 11) is 1.85. The Kier molecular flexibility index (Phi) is 7.64. The first-order valence-corrected chi connectivity index (χ1v) is 6.03. The van der Waals surface area contributed by atoms with E-state index in [0.29, 0.717) is 13.0 Å². The summed E-state index contributed by atoms with van der Waals surface area (Å²) in [6.07, 6.45) is 0.529. The maximum Gasteiger partial charge on any atom is 0.221 e. The van der Waals surface area contributed by atoms with Crippen LogP contribution in [0.5, 0.6) is 0 Å². The topological polar surface area (TPSA) is 41.1 Å². The molecule has 0 radical (unpaired) electrons. The molecule has 0 aliphatic carbocycles. The Hall–Kier alpha value is -1.06. The van der Waals surface area contributed by atoms with Crippen LogP contribution >= 0.6 is 12.4 Å². The molecule has 1 aromatic carbocycles. The van der Waals surface area contributed by atoms with E-state index in [1.54, 1.807) is 0 Å². The van der Waals surface area contributed by atoms with Gasteiger partial charge >= 0.3 is 0 Å². The number of carbonyl (C=O) groups excluding carboxylic acids is 1. The molecule has 102 valence electrons. The second-order valence-corrected chi connectivity index (χ2v) is 4.88. The fraction of sp³-hybridized carbons (Fsp3) is 0.500. The molecule has 0 unspecified atom stereocenters. The van der Waals surface area contributed by atoms with Gasteiger partial charge in [0.2, 0.25) is 5.91 Å². The third-order valence-corrected chi connectivity index (χ3v) is 2.88. The van der Waals surface area contributed by atoms with Crippen molar-refractivity contribution < 1.29 is 4.79 Å². The minimum absolute atomic E-state index is 0. The molecule has 0 bridgehead atoms. The van der Waals surface area contributed by atoms with Gasteiger partial charge < -0.3 is 10.6 Å². The van der Waals surface area contributed by atoms with Gasteiger partial charge in [-0.25, -0.2) is 0 Å². The maximum atomic E-state index is 11.5. The number of benzene rings is 1. The molecule has 0 aromatic heterocycles. The number of nitrogens with one attached hydrogen (secondary N) is 2. The molecule has 0 heterocycles. The van der Waals surface area contributed by atoms with Crippen LogP contribution in [0.4, 0.5) is 0 Å². The zero-order valence-corrected chi connectivity index (χ0v) is 12.1. The van der Waals surface area contributed by atoms with E-state index in [1.165, 1.54) is 5.56 Å². The zero-order valence-electron chi connectivity index (χ0n) is 11.3. The fourth-order valence-corrected chi connectivity index (χ4v) is 1.64. The first kappa shape index (κ1) is 16.9. The summed E-state index contributed by atoms with van der Waals surface area (Å²) in [5.41, 5.74) is 1.21. The highest BCUT2D eigenvalue weighted by Gasteiger charge is 2.20. The molecule has 4 heteroatoms. The molecular formula is C14H23ClN2O. The Morgan fingerprint density at radius 3 is 2.39 bits per heavy atom. The van der Waals surface area contributed by atoms with Crippen molar-refractivity contribution in [3.63, 3.8) is 0 Å². The van der Waals surface area contributed by atoms with Gasteiger partial charge in [0.05, 0.1) is 0 Å². The van der Waals surface area contributed by atoms with Crippen molar-refractivity contribution in [1.82, 2.24) is 10.6 Å². The largest absolute Gasteiger partial charge is 0.355 e. The molecule has 2 N–H and O–H groups in total. The Morgan fingerprint density at radius 1 is 1.22 bits per heavy atom. The van der Waals surface area contributed by atoms with Gasteiger partial charge in [0.15, 0.2) is 0 Å². The van der Waals surface area contributed by atoms with Crippen LogP contribution in [0.2, 0.25) is 0 Å². The first-order chi connectivity index (χ1) is 8.06. The number of carbonyl (C=O) groups is 1. The maximum absolute atomic E-state index is 11.5. The number of hydrogen-bond acceptors (Lipinski definition) is 2. The molecule has 18 heavy (non-hydrogen) atoms. The number of halogens is 1. The lowest BCUT2D eigenvalue weighted by Gasteiger charge is -2.25. The molecule has 0 aliphatic rings. The molecule has 0 fully saturated rings. The van der Waals surface area contributed by atoms with Crippen LogP contribution in [0, 0.1) is 0 Å². The third kappa shape index (κ3) is 5.52. The molecule has 0 atom stereocenters. The molecular weight excluding hydrogens is 248 g/mol. The van der Waals surface area contributed by atoms with Gasteiger partial charge in [-0.05, 0) is 12.6 Å². The minimum Gasteiger partial charge on any atom is -0.355 e. The van der Waals surface area contributed by atoms with Gasteiger partial charge in [-0.3, -0.25) is 4.79 Å². The Labute approximate surface area is 116 Å². The summed E-state index contributed by atoms with van der Waals surface area (Å²) >= 11 is 0. The van der Waals surface area contributed by atoms with Crippen molar-refractivity contribution in [2.45, 2.75) is 25.7 Å². The van der Waals surface area contributed by atoms with Gasteiger partial charge in [0.1, 0.15) is 0 Å². The quantitative estimate of drug-likeness (QED) is 0.831. The molecule has 0 saturated carbocycles. The predicted molar refractivity (Wildman–Crippen MR) is 78.3 cm³/mol. The summed E-state index contributed by atoms with van der Waals surface area (Å²) in [6.45, 7) is 5.67. The molecule has 0 saturated heterocycles. The van der Waals surface area contributed by atoms with Crippen LogP contribution in [0.1, 0.15) is 25.8 Å². The lowest BCUT2D eigenvalue weighted by molar-refractivity contribution is -0.121. The van der Waals surface area contributed by atoms with E-state index in [1.807, 2.05) is 25.2 Å². The second kappa shape index (κ2) is 8.11. The molecule has 1 amide bonds. The van der Waals surface area contributed by atoms with E-state index in [9.17, 15) is 4.79 Å². The summed E-state index contributed by atoms with van der Waals surface area (Å²) in [6, 6.07) is 10.3. The summed E-state index contributed by atoms with van der Waals surface area (Å²) in [5.74, 6) is 0.100. The molecule has 0 aliphatic heterocycles. The van der Waals surface area contributed by atoms with Gasteiger partial charge in [0.25, 0.3) is 0 Å². The number of amides is 1. The lowest BCUT2D eigenvalue weighted by atomic mass is 9.84. The zero-order chi connectivity index (χ0) is 12.7. The van der Waals surface area contributed by atoms with Crippen molar-refractivity contribution in [3.8, 4) is 0 Å². The molecule has 1 rings (SSSR count). The SMILES string of the molecule is CNCCC(=O)NCC(C)(C)c1ccccc1.Cl. The van der Waals surface area contributed by atoms with Crippen molar-refractivity contribution in [2.24, 2.45) is 0 Å². The highest BCUT2D eigenvalue weighted by molar-refractivity contribution is 5.85. The molecule has 0 spiro atoms. The predicted octanol–water partition coefficient (Wildman–Crippen LogP) is 2.11. The Balaban J connectivity index is 0.00000289. The lowest BCUT2D eigenvalue weighted by Crippen LogP contribution is -2.37. The van der Waals surface area contributed by atoms with Crippen molar-refractivity contribution in [1.29, 1.82) is 0 Å². The number of hydrogen-bond donors (Lipinski definition) is 2. The third-order valence-electron chi connectivity index (χ3n) is 2.88. The van der Waals surface area contributed by atoms with E-state index >= 15 is 0 Å². The van der Waals surface area contributed by atoms with E-state index in [-0.39, 0.29) is 23.7 Å². The van der Waals surface area contributed by atoms with Crippen molar-refractivity contribution >= 4 is 18.3 Å². The van der Waals surface area contributed by atoms with Crippen LogP contribution in [0.25, 0.3) is 0 Å². The highest BCUT2D eigenvalue weighted by Crippen LogP contribution is 2.21. The molecule has 1 aromatic rings. The number of rotatable bonds is 6. The monoisotopic (exact) mass is 270 g/mol. The second-order valence-electron chi connectivity index (χ2n) is 4.88. The molecule has 3 nitrogen and oxygen atoms in total. The fourth-order valence-electron chi connectivity index (χ4n) is 1.64. The van der Waals surface area contributed by atoms with Crippen LogP contribution in [-0.4, -0.2) is 26.0 Å².